The maximum Gasteiger partial charge on any atom is 0.435 e. The number of aromatic nitrogens is 4. The van der Waals surface area contributed by atoms with Gasteiger partial charge in [-0.2, -0.15) is 23.4 Å². The fourth-order valence-electron chi connectivity index (χ4n) is 2.13. The molecule has 0 aliphatic heterocycles. The van der Waals surface area contributed by atoms with Gasteiger partial charge in [0.05, 0.1) is 5.69 Å². The van der Waals surface area contributed by atoms with Crippen LogP contribution in [0.5, 0.6) is 0 Å². The molecule has 0 fully saturated rings. The Labute approximate surface area is 132 Å². The van der Waals surface area contributed by atoms with Crippen LogP contribution in [0.3, 0.4) is 0 Å². The van der Waals surface area contributed by atoms with E-state index in [1.165, 1.54) is 17.9 Å². The number of alkyl halides is 3. The van der Waals surface area contributed by atoms with Crippen LogP contribution in [0.25, 0.3) is 0 Å². The average molecular weight is 338 g/mol. The van der Waals surface area contributed by atoms with Crippen LogP contribution in [0.4, 0.5) is 13.2 Å². The zero-order valence-electron chi connectivity index (χ0n) is 12.6. The minimum Gasteiger partial charge on any atom is -0.308 e. The summed E-state index contributed by atoms with van der Waals surface area (Å²) in [6.45, 7) is 5.21. The third kappa shape index (κ3) is 4.23. The summed E-state index contributed by atoms with van der Waals surface area (Å²) in [5, 5.41) is 10.8. The van der Waals surface area contributed by atoms with E-state index < -0.39 is 11.9 Å². The van der Waals surface area contributed by atoms with Gasteiger partial charge in [-0.1, -0.05) is 0 Å². The number of aryl methyl sites for hydroxylation is 3. The lowest BCUT2D eigenvalue weighted by atomic mass is 10.2. The Balaban J connectivity index is 0.00000242. The smallest absolute Gasteiger partial charge is 0.308 e. The molecule has 0 saturated carbocycles. The first kappa shape index (κ1) is 18.5. The van der Waals surface area contributed by atoms with Crippen molar-refractivity contribution in [3.05, 3.63) is 34.9 Å². The minimum atomic E-state index is -4.43. The van der Waals surface area contributed by atoms with Crippen molar-refractivity contribution in [1.29, 1.82) is 0 Å². The second kappa shape index (κ2) is 7.15. The predicted octanol–water partition coefficient (Wildman–Crippen LogP) is 2.68. The van der Waals surface area contributed by atoms with Crippen LogP contribution in [0.2, 0.25) is 0 Å². The lowest BCUT2D eigenvalue weighted by Crippen LogP contribution is -2.16. The van der Waals surface area contributed by atoms with Crippen LogP contribution >= 0.6 is 12.4 Å². The summed E-state index contributed by atoms with van der Waals surface area (Å²) in [5.41, 5.74) is 1.17. The first-order valence-electron chi connectivity index (χ1n) is 6.64. The van der Waals surface area contributed by atoms with Crippen molar-refractivity contribution in [2.24, 2.45) is 7.05 Å². The van der Waals surface area contributed by atoms with Crippen molar-refractivity contribution >= 4 is 12.4 Å². The lowest BCUT2D eigenvalue weighted by molar-refractivity contribution is -0.142. The molecule has 5 nitrogen and oxygen atoms in total. The largest absolute Gasteiger partial charge is 0.435 e. The number of hydrogen-bond donors (Lipinski definition) is 1. The highest BCUT2D eigenvalue weighted by Gasteiger charge is 2.36. The van der Waals surface area contributed by atoms with E-state index in [0.717, 1.165) is 17.8 Å². The number of hydrogen-bond acceptors (Lipinski definition) is 3. The molecule has 0 spiro atoms. The molecule has 22 heavy (non-hydrogen) atoms. The van der Waals surface area contributed by atoms with Gasteiger partial charge in [-0.15, -0.1) is 12.4 Å². The highest BCUT2D eigenvalue weighted by Crippen LogP contribution is 2.30. The van der Waals surface area contributed by atoms with E-state index in [4.69, 9.17) is 0 Å². The predicted molar refractivity (Wildman–Crippen MR) is 78.6 cm³/mol. The number of nitrogens with zero attached hydrogens (tertiary/aromatic N) is 4. The highest BCUT2D eigenvalue weighted by molar-refractivity contribution is 5.85. The molecule has 0 unspecified atom stereocenters. The van der Waals surface area contributed by atoms with E-state index in [9.17, 15) is 13.2 Å². The van der Waals surface area contributed by atoms with Crippen molar-refractivity contribution < 1.29 is 13.2 Å². The Bertz CT molecular complexity index is 618. The molecule has 2 rings (SSSR count). The Morgan fingerprint density at radius 1 is 1.14 bits per heavy atom. The molecule has 0 saturated heterocycles. The van der Waals surface area contributed by atoms with Gasteiger partial charge in [-0.3, -0.25) is 9.36 Å². The van der Waals surface area contributed by atoms with Crippen LogP contribution < -0.4 is 5.32 Å². The Morgan fingerprint density at radius 3 is 2.32 bits per heavy atom. The van der Waals surface area contributed by atoms with Crippen LogP contribution in [0.15, 0.2) is 12.4 Å². The molecule has 2 aromatic rings. The molecule has 124 valence electrons. The van der Waals surface area contributed by atoms with Crippen molar-refractivity contribution in [3.63, 3.8) is 0 Å². The van der Waals surface area contributed by atoms with Crippen LogP contribution in [-0.4, -0.2) is 19.6 Å². The molecular formula is C13H19ClF3N5. The Hall–Kier alpha value is -1.54. The molecule has 0 radical (unpaired) electrons. The van der Waals surface area contributed by atoms with Gasteiger partial charge < -0.3 is 5.32 Å². The summed E-state index contributed by atoms with van der Waals surface area (Å²) in [6, 6.07) is 0. The first-order chi connectivity index (χ1) is 9.81. The van der Waals surface area contributed by atoms with E-state index in [1.807, 2.05) is 20.0 Å². The summed E-state index contributed by atoms with van der Waals surface area (Å²) in [4.78, 5) is 0. The maximum absolute atomic E-state index is 12.8. The monoisotopic (exact) mass is 337 g/mol. The Morgan fingerprint density at radius 2 is 1.77 bits per heavy atom. The SMILES string of the molecule is CCn1cc(CNCc2cn(C)nc2C(F)(F)F)c(C)n1.Cl. The number of rotatable bonds is 5. The van der Waals surface area contributed by atoms with Crippen LogP contribution in [-0.2, 0) is 32.9 Å². The van der Waals surface area contributed by atoms with Crippen molar-refractivity contribution in [2.75, 3.05) is 0 Å². The zero-order chi connectivity index (χ0) is 15.6. The lowest BCUT2D eigenvalue weighted by Gasteiger charge is -2.07. The summed E-state index contributed by atoms with van der Waals surface area (Å²) < 4.78 is 41.4. The number of halogens is 4. The van der Waals surface area contributed by atoms with Gasteiger partial charge in [0, 0.05) is 50.2 Å². The molecule has 0 aliphatic rings. The molecular weight excluding hydrogens is 319 g/mol. The quantitative estimate of drug-likeness (QED) is 0.912. The highest BCUT2D eigenvalue weighted by atomic mass is 35.5. The fraction of sp³-hybridized carbons (Fsp3) is 0.538. The summed E-state index contributed by atoms with van der Waals surface area (Å²) in [7, 11) is 1.48. The molecule has 0 amide bonds. The fourth-order valence-corrected chi connectivity index (χ4v) is 2.13. The second-order valence-corrected chi connectivity index (χ2v) is 4.87. The summed E-state index contributed by atoms with van der Waals surface area (Å²) in [6.07, 6.45) is -1.14. The number of nitrogens with one attached hydrogen (secondary N) is 1. The van der Waals surface area contributed by atoms with E-state index in [2.05, 4.69) is 15.5 Å². The molecule has 2 aromatic heterocycles. The van der Waals surface area contributed by atoms with E-state index >= 15 is 0 Å². The van der Waals surface area contributed by atoms with Gasteiger partial charge in [-0.05, 0) is 13.8 Å². The van der Waals surface area contributed by atoms with Crippen molar-refractivity contribution in [3.8, 4) is 0 Å². The van der Waals surface area contributed by atoms with Crippen LogP contribution in [0, 0.1) is 6.92 Å². The normalized spacial score (nSPS) is 11.5. The van der Waals surface area contributed by atoms with Gasteiger partial charge in [0.25, 0.3) is 0 Å². The topological polar surface area (TPSA) is 47.7 Å². The van der Waals surface area contributed by atoms with Gasteiger partial charge >= 0.3 is 6.18 Å². The zero-order valence-corrected chi connectivity index (χ0v) is 13.4. The third-order valence-electron chi connectivity index (χ3n) is 3.18. The average Bonchev–Trinajstić information content (AvgIpc) is 2.93. The standard InChI is InChI=1S/C13H18F3N5.ClH/c1-4-21-8-10(9(2)18-21)5-17-6-11-7-20(3)19-12(11)13(14,15)16;/h7-8,17H,4-6H2,1-3H3;1H. The van der Waals surface area contributed by atoms with E-state index in [1.54, 1.807) is 4.68 Å². The summed E-state index contributed by atoms with van der Waals surface area (Å²) in [5.74, 6) is 0. The molecule has 0 aromatic carbocycles. The molecule has 0 aliphatic carbocycles. The van der Waals surface area contributed by atoms with Gasteiger partial charge in [0.1, 0.15) is 0 Å². The van der Waals surface area contributed by atoms with Crippen molar-refractivity contribution in [2.45, 2.75) is 39.7 Å². The van der Waals surface area contributed by atoms with E-state index in [-0.39, 0.29) is 24.5 Å². The second-order valence-electron chi connectivity index (χ2n) is 4.87. The third-order valence-corrected chi connectivity index (χ3v) is 3.18. The van der Waals surface area contributed by atoms with Gasteiger partial charge in [0.2, 0.25) is 0 Å². The van der Waals surface area contributed by atoms with E-state index in [0.29, 0.717) is 6.54 Å². The molecule has 9 heteroatoms. The maximum atomic E-state index is 12.8. The molecule has 2 heterocycles. The van der Waals surface area contributed by atoms with Crippen molar-refractivity contribution in [1.82, 2.24) is 24.9 Å². The van der Waals surface area contributed by atoms with Crippen LogP contribution in [0.1, 0.15) is 29.4 Å². The minimum absolute atomic E-state index is 0. The van der Waals surface area contributed by atoms with Gasteiger partial charge in [-0.25, -0.2) is 0 Å². The summed E-state index contributed by atoms with van der Waals surface area (Å²) >= 11 is 0. The first-order valence-corrected chi connectivity index (χ1v) is 6.64. The Kier molecular flexibility index (Phi) is 6.01. The molecule has 0 bridgehead atoms. The molecule has 0 atom stereocenters. The van der Waals surface area contributed by atoms with Gasteiger partial charge in [0.15, 0.2) is 5.69 Å². The molecule has 1 N–H and O–H groups in total.